The van der Waals surface area contributed by atoms with Crippen LogP contribution < -0.4 is 20.3 Å². The standard InChI is InChI=1S/C24H22N4O4S2/c1-2-3-11-28-23(30)22-21(20(27-34-22)15-7-5-4-6-8-15)26-24(28)33-13-19(29)25-16-9-10-17-18(12-16)32-14-31-17/h4-10,12H,2-3,11,13-14H2,1H3,(H,25,29). The summed E-state index contributed by atoms with van der Waals surface area (Å²) in [4.78, 5) is 30.8. The number of unbranched alkanes of at least 4 members (excludes halogenated alkanes) is 1. The maximum Gasteiger partial charge on any atom is 0.273 e. The Morgan fingerprint density at radius 1 is 1.18 bits per heavy atom. The number of hydrogen-bond acceptors (Lipinski definition) is 8. The van der Waals surface area contributed by atoms with Crippen molar-refractivity contribution in [1.29, 1.82) is 0 Å². The molecule has 0 fully saturated rings. The van der Waals surface area contributed by atoms with Gasteiger partial charge in [-0.05, 0) is 30.1 Å². The predicted octanol–water partition coefficient (Wildman–Crippen LogP) is 4.78. The van der Waals surface area contributed by atoms with Gasteiger partial charge in [0.1, 0.15) is 15.9 Å². The highest BCUT2D eigenvalue weighted by atomic mass is 32.2. The molecule has 0 saturated heterocycles. The number of nitrogens with one attached hydrogen (secondary N) is 1. The molecule has 34 heavy (non-hydrogen) atoms. The number of carbonyl (C=O) groups is 1. The Balaban J connectivity index is 1.41. The van der Waals surface area contributed by atoms with Crippen molar-refractivity contribution in [1.82, 2.24) is 13.9 Å². The molecule has 0 radical (unpaired) electrons. The fourth-order valence-corrected chi connectivity index (χ4v) is 5.22. The minimum absolute atomic E-state index is 0.108. The summed E-state index contributed by atoms with van der Waals surface area (Å²) in [7, 11) is 0. The van der Waals surface area contributed by atoms with Gasteiger partial charge < -0.3 is 14.8 Å². The number of hydrogen-bond donors (Lipinski definition) is 1. The van der Waals surface area contributed by atoms with E-state index in [1.165, 1.54) is 23.3 Å². The molecule has 1 amide bonds. The first-order chi connectivity index (χ1) is 16.6. The first kappa shape index (κ1) is 22.4. The maximum atomic E-state index is 13.3. The van der Waals surface area contributed by atoms with Crippen LogP contribution in [0.15, 0.2) is 58.5 Å². The number of nitrogens with zero attached hydrogens (tertiary/aromatic N) is 3. The summed E-state index contributed by atoms with van der Waals surface area (Å²) >= 11 is 2.42. The molecular weight excluding hydrogens is 472 g/mol. The van der Waals surface area contributed by atoms with Gasteiger partial charge in [0, 0.05) is 23.9 Å². The lowest BCUT2D eigenvalue weighted by Gasteiger charge is -2.12. The van der Waals surface area contributed by atoms with Crippen molar-refractivity contribution in [3.63, 3.8) is 0 Å². The van der Waals surface area contributed by atoms with E-state index in [-0.39, 0.29) is 24.0 Å². The molecule has 0 atom stereocenters. The van der Waals surface area contributed by atoms with Gasteiger partial charge in [-0.25, -0.2) is 4.98 Å². The number of benzene rings is 2. The van der Waals surface area contributed by atoms with Crippen LogP contribution in [0.2, 0.25) is 0 Å². The number of aromatic nitrogens is 3. The van der Waals surface area contributed by atoms with E-state index >= 15 is 0 Å². The van der Waals surface area contributed by atoms with Gasteiger partial charge in [-0.3, -0.25) is 14.2 Å². The quantitative estimate of drug-likeness (QED) is 0.278. The summed E-state index contributed by atoms with van der Waals surface area (Å²) in [6.07, 6.45) is 1.78. The first-order valence-electron chi connectivity index (χ1n) is 10.9. The number of ether oxygens (including phenoxy) is 2. The van der Waals surface area contributed by atoms with Crippen LogP contribution in [-0.2, 0) is 11.3 Å². The van der Waals surface area contributed by atoms with Gasteiger partial charge in [0.2, 0.25) is 12.7 Å². The Hall–Kier alpha value is -3.37. The van der Waals surface area contributed by atoms with Crippen LogP contribution in [0, 0.1) is 0 Å². The summed E-state index contributed by atoms with van der Waals surface area (Å²) in [6, 6.07) is 14.9. The zero-order valence-corrected chi connectivity index (χ0v) is 20.1. The molecule has 8 nitrogen and oxygen atoms in total. The zero-order chi connectivity index (χ0) is 23.5. The number of fused-ring (bicyclic) bond motifs is 2. The molecule has 1 aliphatic rings. The average Bonchev–Trinajstić information content (AvgIpc) is 3.49. The van der Waals surface area contributed by atoms with E-state index in [9.17, 15) is 9.59 Å². The van der Waals surface area contributed by atoms with Crippen molar-refractivity contribution < 1.29 is 14.3 Å². The Bertz CT molecular complexity index is 1400. The normalized spacial score (nSPS) is 12.3. The molecule has 1 N–H and O–H groups in total. The summed E-state index contributed by atoms with van der Waals surface area (Å²) in [5, 5.41) is 3.39. The molecular formula is C24H22N4O4S2. The summed E-state index contributed by atoms with van der Waals surface area (Å²) in [5.41, 5.74) is 2.68. The number of thioether (sulfide) groups is 1. The van der Waals surface area contributed by atoms with Gasteiger partial charge in [-0.2, -0.15) is 4.37 Å². The zero-order valence-electron chi connectivity index (χ0n) is 18.4. The number of carbonyl (C=O) groups excluding carboxylic acids is 1. The van der Waals surface area contributed by atoms with E-state index in [1.54, 1.807) is 22.8 Å². The van der Waals surface area contributed by atoms with Crippen LogP contribution in [0.1, 0.15) is 19.8 Å². The van der Waals surface area contributed by atoms with Crippen LogP contribution in [0.5, 0.6) is 11.5 Å². The van der Waals surface area contributed by atoms with Crippen molar-refractivity contribution in [3.05, 3.63) is 58.9 Å². The lowest BCUT2D eigenvalue weighted by Crippen LogP contribution is -2.23. The maximum absolute atomic E-state index is 13.3. The molecule has 0 spiro atoms. The summed E-state index contributed by atoms with van der Waals surface area (Å²) in [6.45, 7) is 2.79. The fraction of sp³-hybridized carbons (Fsp3) is 0.250. The second-order valence-electron chi connectivity index (χ2n) is 7.68. The molecule has 0 bridgehead atoms. The highest BCUT2D eigenvalue weighted by Gasteiger charge is 2.19. The van der Waals surface area contributed by atoms with E-state index in [0.29, 0.717) is 44.8 Å². The summed E-state index contributed by atoms with van der Waals surface area (Å²) in [5.74, 6) is 1.16. The van der Waals surface area contributed by atoms with E-state index in [4.69, 9.17) is 14.5 Å². The fourth-order valence-electron chi connectivity index (χ4n) is 3.61. The first-order valence-corrected chi connectivity index (χ1v) is 12.7. The Morgan fingerprint density at radius 3 is 2.82 bits per heavy atom. The molecule has 1 aliphatic heterocycles. The van der Waals surface area contributed by atoms with Crippen LogP contribution in [0.3, 0.4) is 0 Å². The largest absolute Gasteiger partial charge is 0.454 e. The minimum Gasteiger partial charge on any atom is -0.454 e. The third-order valence-electron chi connectivity index (χ3n) is 5.32. The topological polar surface area (TPSA) is 95.3 Å². The Kier molecular flexibility index (Phi) is 6.50. The average molecular weight is 495 g/mol. The lowest BCUT2D eigenvalue weighted by molar-refractivity contribution is -0.113. The molecule has 4 aromatic rings. The Morgan fingerprint density at radius 2 is 2.00 bits per heavy atom. The molecule has 5 rings (SSSR count). The van der Waals surface area contributed by atoms with Gasteiger partial charge in [0.15, 0.2) is 16.7 Å². The van der Waals surface area contributed by atoms with Crippen molar-refractivity contribution >= 4 is 45.1 Å². The molecule has 0 saturated carbocycles. The van der Waals surface area contributed by atoms with Crippen molar-refractivity contribution in [2.45, 2.75) is 31.5 Å². The van der Waals surface area contributed by atoms with Gasteiger partial charge in [-0.15, -0.1) is 0 Å². The third-order valence-corrected chi connectivity index (χ3v) is 7.12. The highest BCUT2D eigenvalue weighted by molar-refractivity contribution is 7.99. The molecule has 3 heterocycles. The molecule has 10 heteroatoms. The van der Waals surface area contributed by atoms with Gasteiger partial charge >= 0.3 is 0 Å². The minimum atomic E-state index is -0.202. The SMILES string of the molecule is CCCCn1c(SCC(=O)Nc2ccc3c(c2)OCO3)nc2c(-c3ccccc3)nsc2c1=O. The number of amides is 1. The van der Waals surface area contributed by atoms with Gasteiger partial charge in [0.25, 0.3) is 5.56 Å². The molecule has 174 valence electrons. The molecule has 0 aliphatic carbocycles. The predicted molar refractivity (Wildman–Crippen MR) is 134 cm³/mol. The van der Waals surface area contributed by atoms with Crippen molar-refractivity contribution in [2.24, 2.45) is 0 Å². The molecule has 0 unspecified atom stereocenters. The van der Waals surface area contributed by atoms with Crippen LogP contribution in [-0.4, -0.2) is 32.4 Å². The number of anilines is 1. The van der Waals surface area contributed by atoms with Crippen molar-refractivity contribution in [3.8, 4) is 22.8 Å². The van der Waals surface area contributed by atoms with Crippen LogP contribution in [0.4, 0.5) is 5.69 Å². The van der Waals surface area contributed by atoms with E-state index in [2.05, 4.69) is 16.6 Å². The van der Waals surface area contributed by atoms with Crippen molar-refractivity contribution in [2.75, 3.05) is 17.9 Å². The van der Waals surface area contributed by atoms with E-state index < -0.39 is 0 Å². The van der Waals surface area contributed by atoms with E-state index in [0.717, 1.165) is 18.4 Å². The highest BCUT2D eigenvalue weighted by Crippen LogP contribution is 2.34. The second kappa shape index (κ2) is 9.86. The second-order valence-corrected chi connectivity index (χ2v) is 9.40. The molecule has 2 aromatic heterocycles. The lowest BCUT2D eigenvalue weighted by atomic mass is 10.1. The van der Waals surface area contributed by atoms with Crippen LogP contribution in [0.25, 0.3) is 21.5 Å². The van der Waals surface area contributed by atoms with Gasteiger partial charge in [0.05, 0.1) is 5.75 Å². The smallest absolute Gasteiger partial charge is 0.273 e. The van der Waals surface area contributed by atoms with Crippen LogP contribution >= 0.6 is 23.3 Å². The number of rotatable bonds is 8. The third kappa shape index (κ3) is 4.51. The van der Waals surface area contributed by atoms with Gasteiger partial charge in [-0.1, -0.05) is 55.4 Å². The van der Waals surface area contributed by atoms with E-state index in [1.807, 2.05) is 30.3 Å². The summed E-state index contributed by atoms with van der Waals surface area (Å²) < 4.78 is 17.4. The molecule has 2 aromatic carbocycles. The monoisotopic (exact) mass is 494 g/mol. The Labute approximate surface area is 204 Å².